The van der Waals surface area contributed by atoms with Crippen LogP contribution in [0.25, 0.3) is 10.4 Å². The van der Waals surface area contributed by atoms with Crippen LogP contribution in [0.15, 0.2) is 47.6 Å². The van der Waals surface area contributed by atoms with Crippen molar-refractivity contribution in [1.29, 1.82) is 0 Å². The highest BCUT2D eigenvalue weighted by molar-refractivity contribution is 6.32. The van der Waals surface area contributed by atoms with Gasteiger partial charge in [0.05, 0.1) is 5.02 Å². The van der Waals surface area contributed by atoms with E-state index < -0.39 is 0 Å². The van der Waals surface area contributed by atoms with Crippen LogP contribution in [-0.2, 0) is 6.61 Å². The third-order valence-corrected chi connectivity index (χ3v) is 2.65. The first-order valence-corrected chi connectivity index (χ1v) is 5.93. The Morgan fingerprint density at radius 2 is 1.95 bits per heavy atom. The average Bonchev–Trinajstić information content (AvgIpc) is 2.49. The highest BCUT2D eigenvalue weighted by Crippen LogP contribution is 2.29. The fourth-order valence-electron chi connectivity index (χ4n) is 1.51. The molecule has 8 heteroatoms. The number of halogens is 4. The van der Waals surface area contributed by atoms with Gasteiger partial charge in [-0.2, -0.15) is 0 Å². The first-order chi connectivity index (χ1) is 10.2. The van der Waals surface area contributed by atoms with Gasteiger partial charge in [-0.3, -0.25) is 0 Å². The summed E-state index contributed by atoms with van der Waals surface area (Å²) in [5, 5.41) is 3.76. The zero-order chi connectivity index (χ0) is 15.7. The van der Waals surface area contributed by atoms with Gasteiger partial charge < -0.3 is 4.74 Å². The first kappa shape index (κ1) is 16.7. The minimum absolute atomic E-state index is 0.207. The number of azide groups is 1. The van der Waals surface area contributed by atoms with Crippen molar-refractivity contribution in [2.75, 3.05) is 0 Å². The summed E-state index contributed by atoms with van der Waals surface area (Å²) in [6.45, 7) is 0.207. The minimum Gasteiger partial charge on any atom is -0.487 e. The first-order valence-electron chi connectivity index (χ1n) is 5.55. The van der Waals surface area contributed by atoms with Crippen LogP contribution in [0.3, 0.4) is 0 Å². The standard InChI is InChI=1S/C13H9ClFN3O.F2/c14-12-7-11(17-18-16)4-5-13(12)19-8-9-2-1-3-10(15)6-9;1-2/h1-7H,8H2;. The van der Waals surface area contributed by atoms with E-state index in [1.165, 1.54) is 18.2 Å². The van der Waals surface area contributed by atoms with Gasteiger partial charge in [0, 0.05) is 19.7 Å². The summed E-state index contributed by atoms with van der Waals surface area (Å²) in [5.74, 6) is 0.133. The summed E-state index contributed by atoms with van der Waals surface area (Å²) < 4.78 is 34.5. The summed E-state index contributed by atoms with van der Waals surface area (Å²) in [5.41, 5.74) is 9.42. The van der Waals surface area contributed by atoms with Gasteiger partial charge in [-0.1, -0.05) is 28.8 Å². The van der Waals surface area contributed by atoms with Crippen molar-refractivity contribution in [3.05, 3.63) is 69.3 Å². The fraction of sp³-hybridized carbons (Fsp3) is 0.0769. The van der Waals surface area contributed by atoms with Gasteiger partial charge in [0.25, 0.3) is 0 Å². The number of ether oxygens (including phenoxy) is 1. The molecule has 0 spiro atoms. The Morgan fingerprint density at radius 1 is 1.19 bits per heavy atom. The molecule has 0 unspecified atom stereocenters. The number of hydrogen-bond acceptors (Lipinski definition) is 2. The monoisotopic (exact) mass is 315 g/mol. The van der Waals surface area contributed by atoms with Crippen LogP contribution in [0, 0.1) is 5.82 Å². The topological polar surface area (TPSA) is 58.0 Å². The van der Waals surface area contributed by atoms with Gasteiger partial charge in [-0.15, -0.1) is 0 Å². The lowest BCUT2D eigenvalue weighted by molar-refractivity contribution is 0.108. The molecule has 0 heterocycles. The van der Waals surface area contributed by atoms with Crippen LogP contribution in [-0.4, -0.2) is 0 Å². The van der Waals surface area contributed by atoms with Crippen molar-refractivity contribution in [3.63, 3.8) is 0 Å². The molecule has 2 aromatic carbocycles. The molecule has 0 aromatic heterocycles. The SMILES string of the molecule is FF.[N-]=[N+]=Nc1ccc(OCc2cccc(F)c2)c(Cl)c1. The molecule has 4 nitrogen and oxygen atoms in total. The molecule has 0 bridgehead atoms. The predicted octanol–water partition coefficient (Wildman–Crippen LogP) is 5.84. The van der Waals surface area contributed by atoms with Crippen molar-refractivity contribution < 1.29 is 18.3 Å². The summed E-state index contributed by atoms with van der Waals surface area (Å²) >= 11 is 5.98. The molecule has 0 aliphatic carbocycles. The van der Waals surface area contributed by atoms with Crippen LogP contribution in [0.5, 0.6) is 5.75 Å². The van der Waals surface area contributed by atoms with Crippen molar-refractivity contribution in [1.82, 2.24) is 0 Å². The number of rotatable bonds is 4. The maximum absolute atomic E-state index is 13.0. The van der Waals surface area contributed by atoms with Crippen molar-refractivity contribution in [2.45, 2.75) is 6.61 Å². The Morgan fingerprint density at radius 3 is 2.57 bits per heavy atom. The molecule has 0 aliphatic rings. The summed E-state index contributed by atoms with van der Waals surface area (Å²) in [6.07, 6.45) is 0. The predicted molar refractivity (Wildman–Crippen MR) is 73.2 cm³/mol. The molecule has 0 N–H and O–H groups in total. The van der Waals surface area contributed by atoms with Gasteiger partial charge >= 0.3 is 0 Å². The molecule has 0 radical (unpaired) electrons. The van der Waals surface area contributed by atoms with Gasteiger partial charge in [0.15, 0.2) is 0 Å². The minimum atomic E-state index is -0.314. The molecule has 0 fully saturated rings. The maximum Gasteiger partial charge on any atom is 0.138 e. The van der Waals surface area contributed by atoms with E-state index >= 15 is 0 Å². The molecular weight excluding hydrogens is 307 g/mol. The van der Waals surface area contributed by atoms with Crippen molar-refractivity contribution in [3.8, 4) is 5.75 Å². The van der Waals surface area contributed by atoms with E-state index in [0.717, 1.165) is 0 Å². The normalized spacial score (nSPS) is 9.14. The summed E-state index contributed by atoms with van der Waals surface area (Å²) in [7, 11) is 0. The van der Waals surface area contributed by atoms with Crippen LogP contribution in [0.1, 0.15) is 5.56 Å². The van der Waals surface area contributed by atoms with Crippen molar-refractivity contribution in [2.24, 2.45) is 5.11 Å². The van der Waals surface area contributed by atoms with E-state index in [9.17, 15) is 4.39 Å². The third kappa shape index (κ3) is 5.25. The van der Waals surface area contributed by atoms with Crippen LogP contribution in [0.2, 0.25) is 5.02 Å². The summed E-state index contributed by atoms with van der Waals surface area (Å²) in [6, 6.07) is 10.8. The van der Waals surface area contributed by atoms with Gasteiger partial charge in [0.2, 0.25) is 0 Å². The molecule has 0 saturated heterocycles. The maximum atomic E-state index is 13.0. The number of nitrogens with zero attached hydrogens (tertiary/aromatic N) is 3. The van der Waals surface area contributed by atoms with Gasteiger partial charge in [-0.25, -0.2) is 4.39 Å². The van der Waals surface area contributed by atoms with E-state index in [0.29, 0.717) is 22.0 Å². The Balaban J connectivity index is 0.00000106. The highest BCUT2D eigenvalue weighted by atomic mass is 35.5. The fourth-order valence-corrected chi connectivity index (χ4v) is 1.74. The lowest BCUT2D eigenvalue weighted by Gasteiger charge is -2.08. The molecule has 110 valence electrons. The van der Waals surface area contributed by atoms with E-state index in [1.54, 1.807) is 24.3 Å². The zero-order valence-corrected chi connectivity index (χ0v) is 11.3. The Bertz CT molecular complexity index is 648. The Kier molecular flexibility index (Phi) is 6.94. The van der Waals surface area contributed by atoms with E-state index in [2.05, 4.69) is 10.0 Å². The number of hydrogen-bond donors (Lipinski definition) is 0. The quantitative estimate of drug-likeness (QED) is 0.397. The lowest BCUT2D eigenvalue weighted by atomic mass is 10.2. The van der Waals surface area contributed by atoms with E-state index in [4.69, 9.17) is 31.0 Å². The molecule has 0 aliphatic heterocycles. The number of benzene rings is 2. The second-order valence-corrected chi connectivity index (χ2v) is 4.13. The summed E-state index contributed by atoms with van der Waals surface area (Å²) in [4.78, 5) is 2.66. The van der Waals surface area contributed by atoms with Crippen LogP contribution < -0.4 is 4.74 Å². The van der Waals surface area contributed by atoms with E-state index in [1.807, 2.05) is 0 Å². The average molecular weight is 316 g/mol. The highest BCUT2D eigenvalue weighted by Gasteiger charge is 2.03. The molecule has 0 amide bonds. The molecule has 2 rings (SSSR count). The Labute approximate surface area is 123 Å². The van der Waals surface area contributed by atoms with Crippen molar-refractivity contribution >= 4 is 17.3 Å². The van der Waals surface area contributed by atoms with Crippen LogP contribution >= 0.6 is 11.6 Å². The molecule has 0 atom stereocenters. The van der Waals surface area contributed by atoms with E-state index in [-0.39, 0.29) is 12.4 Å². The van der Waals surface area contributed by atoms with Crippen LogP contribution in [0.4, 0.5) is 19.2 Å². The Hall–Kier alpha value is -2.37. The lowest BCUT2D eigenvalue weighted by Crippen LogP contribution is -1.96. The largest absolute Gasteiger partial charge is 0.487 e. The van der Waals surface area contributed by atoms with Gasteiger partial charge in [0.1, 0.15) is 18.2 Å². The molecular formula is C13H9ClF3N3O. The second kappa shape index (κ2) is 8.73. The molecule has 2 aromatic rings. The molecule has 21 heavy (non-hydrogen) atoms. The third-order valence-electron chi connectivity index (χ3n) is 2.36. The zero-order valence-electron chi connectivity index (χ0n) is 10.5. The smallest absolute Gasteiger partial charge is 0.138 e. The second-order valence-electron chi connectivity index (χ2n) is 3.72. The van der Waals surface area contributed by atoms with Gasteiger partial charge in [-0.05, 0) is 41.4 Å². The molecule has 0 saturated carbocycles.